The molecular formula is C12H14FN5. The molecule has 1 aliphatic rings. The summed E-state index contributed by atoms with van der Waals surface area (Å²) in [4.78, 5) is 0. The van der Waals surface area contributed by atoms with Gasteiger partial charge in [0.05, 0.1) is 11.7 Å². The summed E-state index contributed by atoms with van der Waals surface area (Å²) in [5.41, 5.74) is 6.63. The molecule has 0 radical (unpaired) electrons. The predicted octanol–water partition coefficient (Wildman–Crippen LogP) is 2.03. The Morgan fingerprint density at radius 1 is 1.44 bits per heavy atom. The van der Waals surface area contributed by atoms with Crippen LogP contribution < -0.4 is 5.73 Å². The fraction of sp³-hybridized carbons (Fsp3) is 0.417. The summed E-state index contributed by atoms with van der Waals surface area (Å²) in [6, 6.07) is 4.84. The van der Waals surface area contributed by atoms with E-state index in [4.69, 9.17) is 5.73 Å². The van der Waals surface area contributed by atoms with Gasteiger partial charge >= 0.3 is 0 Å². The van der Waals surface area contributed by atoms with Gasteiger partial charge in [0, 0.05) is 5.56 Å². The van der Waals surface area contributed by atoms with Crippen LogP contribution in [0.1, 0.15) is 26.3 Å². The second kappa shape index (κ2) is 3.51. The van der Waals surface area contributed by atoms with E-state index in [0.717, 1.165) is 12.0 Å². The van der Waals surface area contributed by atoms with Crippen LogP contribution in [0, 0.1) is 11.2 Å². The third-order valence-electron chi connectivity index (χ3n) is 3.50. The lowest BCUT2D eigenvalue weighted by Crippen LogP contribution is -2.05. The average molecular weight is 247 g/mol. The van der Waals surface area contributed by atoms with Gasteiger partial charge in [-0.2, -0.15) is 0 Å². The number of hydrogen-bond donors (Lipinski definition) is 1. The maximum absolute atomic E-state index is 13.2. The molecule has 1 fully saturated rings. The summed E-state index contributed by atoms with van der Waals surface area (Å²) in [6.07, 6.45) is 1.04. The largest absolute Gasteiger partial charge is 0.396 e. The molecule has 18 heavy (non-hydrogen) atoms. The molecule has 3 rings (SSSR count). The number of benzene rings is 1. The number of nitrogen functional groups attached to an aromatic ring is 1. The molecule has 0 aliphatic heterocycles. The number of nitrogens with zero attached hydrogens (tertiary/aromatic N) is 4. The van der Waals surface area contributed by atoms with Gasteiger partial charge in [0.2, 0.25) is 0 Å². The van der Waals surface area contributed by atoms with Gasteiger partial charge in [0.25, 0.3) is 0 Å². The lowest BCUT2D eigenvalue weighted by atomic mass is 10.1. The van der Waals surface area contributed by atoms with Crippen molar-refractivity contribution in [2.75, 3.05) is 5.73 Å². The van der Waals surface area contributed by atoms with Crippen LogP contribution in [0.15, 0.2) is 18.2 Å². The fourth-order valence-corrected chi connectivity index (χ4v) is 2.13. The highest BCUT2D eigenvalue weighted by Gasteiger charge is 2.49. The molecule has 1 aromatic carbocycles. The number of rotatable bonds is 2. The van der Waals surface area contributed by atoms with Crippen LogP contribution in [0.25, 0.3) is 11.4 Å². The number of halogens is 1. The summed E-state index contributed by atoms with van der Waals surface area (Å²) in [5.74, 6) is 0.210. The van der Waals surface area contributed by atoms with E-state index in [1.165, 1.54) is 6.07 Å². The molecule has 0 bridgehead atoms. The number of aromatic nitrogens is 4. The number of hydrogen-bond acceptors (Lipinski definition) is 4. The molecule has 0 spiro atoms. The second-order valence-corrected chi connectivity index (χ2v) is 5.39. The van der Waals surface area contributed by atoms with Gasteiger partial charge in [-0.05, 0) is 40.5 Å². The standard InChI is InChI=1S/C12H14FN5/c1-12(2)6-10(12)18-11(15-16-17-18)7-3-4-8(13)9(14)5-7/h3-5,10H,6,14H2,1-2H3. The van der Waals surface area contributed by atoms with E-state index in [-0.39, 0.29) is 11.1 Å². The van der Waals surface area contributed by atoms with Crippen LogP contribution in [0.3, 0.4) is 0 Å². The van der Waals surface area contributed by atoms with Crippen molar-refractivity contribution >= 4 is 5.69 Å². The normalized spacial score (nSPS) is 20.9. The highest BCUT2D eigenvalue weighted by Crippen LogP contribution is 2.55. The third-order valence-corrected chi connectivity index (χ3v) is 3.50. The van der Waals surface area contributed by atoms with E-state index >= 15 is 0 Å². The van der Waals surface area contributed by atoms with Crippen LogP contribution in [0.4, 0.5) is 10.1 Å². The highest BCUT2D eigenvalue weighted by molar-refractivity contribution is 5.61. The Morgan fingerprint density at radius 2 is 2.17 bits per heavy atom. The Bertz CT molecular complexity index is 604. The molecule has 1 atom stereocenters. The minimum Gasteiger partial charge on any atom is -0.396 e. The Balaban J connectivity index is 2.02. The molecule has 1 aromatic heterocycles. The summed E-state index contributed by atoms with van der Waals surface area (Å²) >= 11 is 0. The quantitative estimate of drug-likeness (QED) is 0.824. The van der Waals surface area contributed by atoms with E-state index in [1.54, 1.807) is 16.8 Å². The summed E-state index contributed by atoms with van der Waals surface area (Å²) in [6.45, 7) is 4.34. The van der Waals surface area contributed by atoms with Gasteiger partial charge < -0.3 is 5.73 Å². The van der Waals surface area contributed by atoms with Gasteiger partial charge in [-0.25, -0.2) is 9.07 Å². The van der Waals surface area contributed by atoms with Gasteiger partial charge in [0.15, 0.2) is 5.82 Å². The minimum atomic E-state index is -0.426. The number of nitrogens with two attached hydrogens (primary N) is 1. The molecule has 0 saturated heterocycles. The van der Waals surface area contributed by atoms with Crippen LogP contribution in [0.5, 0.6) is 0 Å². The maximum atomic E-state index is 13.2. The first kappa shape index (κ1) is 11.1. The average Bonchev–Trinajstić information content (AvgIpc) is 2.77. The van der Waals surface area contributed by atoms with Gasteiger partial charge in [-0.15, -0.1) is 5.10 Å². The molecule has 0 amide bonds. The smallest absolute Gasteiger partial charge is 0.182 e. The van der Waals surface area contributed by atoms with Crippen LogP contribution >= 0.6 is 0 Å². The van der Waals surface area contributed by atoms with Crippen molar-refractivity contribution in [1.29, 1.82) is 0 Å². The predicted molar refractivity (Wildman–Crippen MR) is 65.1 cm³/mol. The lowest BCUT2D eigenvalue weighted by Gasteiger charge is -2.07. The molecule has 1 aliphatic carbocycles. The molecule has 6 heteroatoms. The highest BCUT2D eigenvalue weighted by atomic mass is 19.1. The Morgan fingerprint density at radius 3 is 2.78 bits per heavy atom. The van der Waals surface area contributed by atoms with Crippen LogP contribution in [0.2, 0.25) is 0 Å². The summed E-state index contributed by atoms with van der Waals surface area (Å²) < 4.78 is 14.9. The number of tetrazole rings is 1. The molecule has 1 unspecified atom stereocenters. The molecule has 1 saturated carbocycles. The Kier molecular flexibility index (Phi) is 2.17. The van der Waals surface area contributed by atoms with Crippen molar-refractivity contribution in [3.8, 4) is 11.4 Å². The zero-order valence-electron chi connectivity index (χ0n) is 10.3. The van der Waals surface area contributed by atoms with E-state index in [9.17, 15) is 4.39 Å². The zero-order valence-corrected chi connectivity index (χ0v) is 10.3. The molecule has 1 heterocycles. The maximum Gasteiger partial charge on any atom is 0.182 e. The van der Waals surface area contributed by atoms with E-state index in [1.807, 2.05) is 0 Å². The first-order valence-electron chi connectivity index (χ1n) is 5.82. The van der Waals surface area contributed by atoms with Crippen LogP contribution in [-0.2, 0) is 0 Å². The number of anilines is 1. The Labute approximate surface area is 104 Å². The van der Waals surface area contributed by atoms with Crippen molar-refractivity contribution in [3.05, 3.63) is 24.0 Å². The lowest BCUT2D eigenvalue weighted by molar-refractivity contribution is 0.497. The summed E-state index contributed by atoms with van der Waals surface area (Å²) in [7, 11) is 0. The second-order valence-electron chi connectivity index (χ2n) is 5.39. The van der Waals surface area contributed by atoms with Gasteiger partial charge in [-0.3, -0.25) is 0 Å². The first-order valence-corrected chi connectivity index (χ1v) is 5.82. The van der Waals surface area contributed by atoms with E-state index in [2.05, 4.69) is 29.4 Å². The van der Waals surface area contributed by atoms with Crippen molar-refractivity contribution in [3.63, 3.8) is 0 Å². The molecular weight excluding hydrogens is 233 g/mol. The molecule has 5 nitrogen and oxygen atoms in total. The van der Waals surface area contributed by atoms with Gasteiger partial charge in [-0.1, -0.05) is 13.8 Å². The Hall–Kier alpha value is -1.98. The molecule has 94 valence electrons. The van der Waals surface area contributed by atoms with Crippen molar-refractivity contribution in [2.45, 2.75) is 26.3 Å². The minimum absolute atomic E-state index is 0.108. The first-order chi connectivity index (χ1) is 8.49. The monoisotopic (exact) mass is 247 g/mol. The fourth-order valence-electron chi connectivity index (χ4n) is 2.13. The van der Waals surface area contributed by atoms with E-state index < -0.39 is 5.82 Å². The third kappa shape index (κ3) is 1.64. The van der Waals surface area contributed by atoms with Crippen molar-refractivity contribution in [2.24, 2.45) is 5.41 Å². The topological polar surface area (TPSA) is 69.6 Å². The van der Waals surface area contributed by atoms with Crippen molar-refractivity contribution < 1.29 is 4.39 Å². The molecule has 2 aromatic rings. The van der Waals surface area contributed by atoms with Crippen molar-refractivity contribution in [1.82, 2.24) is 20.2 Å². The SMILES string of the molecule is CC1(C)CC1n1nnnc1-c1ccc(F)c(N)c1. The van der Waals surface area contributed by atoms with Crippen LogP contribution in [-0.4, -0.2) is 20.2 Å². The molecule has 2 N–H and O–H groups in total. The summed E-state index contributed by atoms with van der Waals surface area (Å²) in [5, 5.41) is 11.7. The van der Waals surface area contributed by atoms with Gasteiger partial charge in [0.1, 0.15) is 5.82 Å². The zero-order chi connectivity index (χ0) is 12.9. The van der Waals surface area contributed by atoms with E-state index in [0.29, 0.717) is 11.9 Å².